The van der Waals surface area contributed by atoms with E-state index in [0.717, 1.165) is 29.3 Å². The molecule has 4 rings (SSSR count). The lowest BCUT2D eigenvalue weighted by Gasteiger charge is -2.30. The minimum Gasteiger partial charge on any atom is -0.476 e. The van der Waals surface area contributed by atoms with E-state index in [0.29, 0.717) is 36.6 Å². The zero-order valence-electron chi connectivity index (χ0n) is 22.3. The van der Waals surface area contributed by atoms with Crippen LogP contribution in [0.25, 0.3) is 11.0 Å². The zero-order valence-corrected chi connectivity index (χ0v) is 23.1. The quantitative estimate of drug-likeness (QED) is 0.403. The molecular weight excluding hydrogens is 543 g/mol. The number of carbonyl (C=O) groups is 1. The molecule has 1 saturated heterocycles. The van der Waals surface area contributed by atoms with Gasteiger partial charge in [-0.05, 0) is 43.0 Å². The smallest absolute Gasteiger partial charge is 0.409 e. The van der Waals surface area contributed by atoms with Crippen molar-refractivity contribution in [2.75, 3.05) is 45.1 Å². The lowest BCUT2D eigenvalue weighted by molar-refractivity contribution is 0.0959. The van der Waals surface area contributed by atoms with Crippen LogP contribution >= 0.6 is 0 Å². The summed E-state index contributed by atoms with van der Waals surface area (Å²) in [6, 6.07) is 8.68. The van der Waals surface area contributed by atoms with Gasteiger partial charge in [0.25, 0.3) is 0 Å². The molecule has 12 nitrogen and oxygen atoms in total. The summed E-state index contributed by atoms with van der Waals surface area (Å²) in [6.07, 6.45) is 2.70. The molecule has 2 heterocycles. The summed E-state index contributed by atoms with van der Waals surface area (Å²) < 4.78 is 59.4. The number of piperidine rings is 1. The second kappa shape index (κ2) is 12.3. The van der Waals surface area contributed by atoms with Crippen LogP contribution in [-0.4, -0.2) is 74.1 Å². The fourth-order valence-electron chi connectivity index (χ4n) is 4.08. The summed E-state index contributed by atoms with van der Waals surface area (Å²) in [5, 5.41) is 9.71. The molecular formula is C26H29FN6O6S. The molecule has 0 aliphatic carbocycles. The van der Waals surface area contributed by atoms with Crippen LogP contribution in [0.3, 0.4) is 0 Å². The summed E-state index contributed by atoms with van der Waals surface area (Å²) >= 11 is 0. The summed E-state index contributed by atoms with van der Waals surface area (Å²) in [6.45, 7) is 3.42. The highest BCUT2D eigenvalue weighted by atomic mass is 32.2. The number of nitriles is 1. The van der Waals surface area contributed by atoms with E-state index >= 15 is 0 Å². The molecule has 3 aromatic rings. The van der Waals surface area contributed by atoms with Crippen LogP contribution < -0.4 is 14.2 Å². The van der Waals surface area contributed by atoms with Crippen LogP contribution in [0.1, 0.15) is 25.3 Å². The van der Waals surface area contributed by atoms with Gasteiger partial charge in [-0.15, -0.1) is 0 Å². The fraction of sp³-hybridized carbons (Fsp3) is 0.385. The molecule has 0 saturated carbocycles. The Labute approximate surface area is 231 Å². The normalized spacial score (nSPS) is 14.2. The number of benzene rings is 2. The number of fused-ring (bicyclic) bond motifs is 1. The second-order valence-electron chi connectivity index (χ2n) is 9.10. The molecule has 1 aliphatic heterocycles. The van der Waals surface area contributed by atoms with Crippen LogP contribution in [0.15, 0.2) is 36.5 Å². The third-order valence-electron chi connectivity index (χ3n) is 6.54. The summed E-state index contributed by atoms with van der Waals surface area (Å²) in [5.74, 6) is -0.581. The third kappa shape index (κ3) is 6.49. The Hall–Kier alpha value is -4.22. The van der Waals surface area contributed by atoms with Gasteiger partial charge in [0, 0.05) is 32.7 Å². The highest BCUT2D eigenvalue weighted by Gasteiger charge is 2.24. The maximum absolute atomic E-state index is 14.8. The van der Waals surface area contributed by atoms with E-state index in [4.69, 9.17) is 14.2 Å². The van der Waals surface area contributed by atoms with Crippen molar-refractivity contribution in [3.8, 4) is 23.4 Å². The fourth-order valence-corrected chi connectivity index (χ4v) is 5.02. The van der Waals surface area contributed by atoms with Gasteiger partial charge in [0.1, 0.15) is 17.4 Å². The van der Waals surface area contributed by atoms with Crippen LogP contribution in [-0.2, 0) is 14.9 Å². The van der Waals surface area contributed by atoms with Crippen molar-refractivity contribution < 1.29 is 31.8 Å². The van der Waals surface area contributed by atoms with Gasteiger partial charge in [0.05, 0.1) is 36.6 Å². The summed E-state index contributed by atoms with van der Waals surface area (Å²) in [4.78, 5) is 22.1. The van der Waals surface area contributed by atoms with Gasteiger partial charge < -0.3 is 19.1 Å². The minimum absolute atomic E-state index is 0.118. The third-order valence-corrected chi connectivity index (χ3v) is 8.10. The van der Waals surface area contributed by atoms with Gasteiger partial charge in [-0.25, -0.2) is 19.2 Å². The van der Waals surface area contributed by atoms with Gasteiger partial charge in [0.15, 0.2) is 11.6 Å². The molecule has 1 amide bonds. The van der Waals surface area contributed by atoms with Crippen molar-refractivity contribution in [3.63, 3.8) is 0 Å². The Morgan fingerprint density at radius 3 is 2.67 bits per heavy atom. The Bertz CT molecular complexity index is 1540. The highest BCUT2D eigenvalue weighted by molar-refractivity contribution is 7.90. The zero-order chi connectivity index (χ0) is 28.9. The van der Waals surface area contributed by atoms with Crippen molar-refractivity contribution in [1.29, 1.82) is 5.26 Å². The SMILES string of the molecule is CCN(C)S(=O)(=O)Nc1ccc(F)c(Oc2ccc3ncc(OCC4CCN(C(=O)OC)CC4)nc3c2)c1C#N. The van der Waals surface area contributed by atoms with E-state index in [1.165, 1.54) is 32.5 Å². The predicted octanol–water partition coefficient (Wildman–Crippen LogP) is 3.90. The molecule has 1 fully saturated rings. The number of likely N-dealkylation sites (tertiary alicyclic amines) is 1. The maximum atomic E-state index is 14.8. The first kappa shape index (κ1) is 28.8. The number of aromatic nitrogens is 2. The van der Waals surface area contributed by atoms with Crippen LogP contribution in [0.4, 0.5) is 14.9 Å². The lowest BCUT2D eigenvalue weighted by Crippen LogP contribution is -2.39. The topological polar surface area (TPSA) is 147 Å². The number of methoxy groups -OCH3 is 1. The van der Waals surface area contributed by atoms with E-state index in [1.807, 2.05) is 6.07 Å². The first-order valence-electron chi connectivity index (χ1n) is 12.5. The number of ether oxygens (including phenoxy) is 3. The molecule has 1 N–H and O–H groups in total. The largest absolute Gasteiger partial charge is 0.476 e. The summed E-state index contributed by atoms with van der Waals surface area (Å²) in [7, 11) is -1.22. The number of carbonyl (C=O) groups excluding carboxylic acids is 1. The minimum atomic E-state index is -3.95. The van der Waals surface area contributed by atoms with Crippen molar-refractivity contribution in [2.24, 2.45) is 5.92 Å². The molecule has 0 spiro atoms. The summed E-state index contributed by atoms with van der Waals surface area (Å²) in [5.41, 5.74) is 0.523. The maximum Gasteiger partial charge on any atom is 0.409 e. The number of rotatable bonds is 9. The average Bonchev–Trinajstić information content (AvgIpc) is 2.96. The molecule has 0 bridgehead atoms. The number of amides is 1. The molecule has 0 radical (unpaired) electrons. The standard InChI is InChI=1S/C26H29FN6O6S/c1-4-32(2)40(35,36)31-21-8-6-20(27)25(19(21)14-28)39-18-5-7-22-23(13-18)30-24(15-29-22)38-16-17-9-11-33(12-10-17)26(34)37-3/h5-8,13,15,17,31H,4,9-12,16H2,1-3H3. The number of nitrogens with one attached hydrogen (secondary N) is 1. The van der Waals surface area contributed by atoms with Crippen LogP contribution in [0.2, 0.25) is 0 Å². The Morgan fingerprint density at radius 2 is 2.00 bits per heavy atom. The van der Waals surface area contributed by atoms with Gasteiger partial charge >= 0.3 is 16.3 Å². The monoisotopic (exact) mass is 572 g/mol. The first-order chi connectivity index (χ1) is 19.1. The van der Waals surface area contributed by atoms with Crippen molar-refractivity contribution >= 4 is 33.0 Å². The van der Waals surface area contributed by atoms with Crippen molar-refractivity contribution in [3.05, 3.63) is 47.9 Å². The Balaban J connectivity index is 1.50. The predicted molar refractivity (Wildman–Crippen MR) is 144 cm³/mol. The van der Waals surface area contributed by atoms with E-state index < -0.39 is 21.8 Å². The Morgan fingerprint density at radius 1 is 1.25 bits per heavy atom. The molecule has 1 aromatic heterocycles. The van der Waals surface area contributed by atoms with Gasteiger partial charge in [-0.2, -0.15) is 18.0 Å². The van der Waals surface area contributed by atoms with Crippen LogP contribution in [0, 0.1) is 23.1 Å². The van der Waals surface area contributed by atoms with E-state index in [2.05, 4.69) is 14.7 Å². The second-order valence-corrected chi connectivity index (χ2v) is 10.9. The van der Waals surface area contributed by atoms with E-state index in [9.17, 15) is 22.9 Å². The first-order valence-corrected chi connectivity index (χ1v) is 14.0. The van der Waals surface area contributed by atoms with Gasteiger partial charge in [0.2, 0.25) is 5.88 Å². The molecule has 1 aliphatic rings. The number of hydrogen-bond acceptors (Lipinski definition) is 9. The van der Waals surface area contributed by atoms with Gasteiger partial charge in [-0.3, -0.25) is 4.72 Å². The molecule has 0 unspecified atom stereocenters. The lowest BCUT2D eigenvalue weighted by atomic mass is 9.98. The molecule has 14 heteroatoms. The molecule has 0 atom stereocenters. The van der Waals surface area contributed by atoms with E-state index in [-0.39, 0.29) is 35.6 Å². The van der Waals surface area contributed by atoms with Crippen molar-refractivity contribution in [2.45, 2.75) is 19.8 Å². The van der Waals surface area contributed by atoms with Crippen molar-refractivity contribution in [1.82, 2.24) is 19.2 Å². The van der Waals surface area contributed by atoms with Crippen LogP contribution in [0.5, 0.6) is 17.4 Å². The number of hydrogen-bond donors (Lipinski definition) is 1. The average molecular weight is 573 g/mol. The van der Waals surface area contributed by atoms with E-state index in [1.54, 1.807) is 17.9 Å². The number of anilines is 1. The highest BCUT2D eigenvalue weighted by Crippen LogP contribution is 2.34. The molecule has 40 heavy (non-hydrogen) atoms. The Kier molecular flexibility index (Phi) is 8.86. The molecule has 2 aromatic carbocycles. The van der Waals surface area contributed by atoms with Gasteiger partial charge in [-0.1, -0.05) is 6.92 Å². The number of nitrogens with zero attached hydrogens (tertiary/aromatic N) is 5. The molecule has 212 valence electrons. The number of halogens is 1.